The average Bonchev–Trinajstić information content (AvgIpc) is 2.78. The summed E-state index contributed by atoms with van der Waals surface area (Å²) >= 11 is 0. The number of nitrogens with one attached hydrogen (secondary N) is 1. The smallest absolute Gasteiger partial charge is 0.167 e. The molecule has 0 fully saturated rings. The Hall–Kier alpha value is -1.61. The van der Waals surface area contributed by atoms with E-state index in [2.05, 4.69) is 24.3 Å². The molecular weight excluding hydrogens is 212 g/mol. The molecule has 1 aromatic carbocycles. The van der Waals surface area contributed by atoms with Gasteiger partial charge < -0.3 is 9.84 Å². The Morgan fingerprint density at radius 1 is 1.24 bits per heavy atom. The van der Waals surface area contributed by atoms with Gasteiger partial charge in [0.2, 0.25) is 0 Å². The van der Waals surface area contributed by atoms with E-state index in [0.717, 1.165) is 30.1 Å². The molecule has 0 aliphatic carbocycles. The van der Waals surface area contributed by atoms with E-state index < -0.39 is 0 Å². The van der Waals surface area contributed by atoms with Crippen molar-refractivity contribution in [2.24, 2.45) is 5.92 Å². The quantitative estimate of drug-likeness (QED) is 0.857. The lowest BCUT2D eigenvalue weighted by Gasteiger charge is -2.04. The summed E-state index contributed by atoms with van der Waals surface area (Å²) in [6.07, 6.45) is 0. The van der Waals surface area contributed by atoms with Crippen LogP contribution in [0.15, 0.2) is 40.9 Å². The average molecular weight is 230 g/mol. The predicted molar refractivity (Wildman–Crippen MR) is 68.5 cm³/mol. The van der Waals surface area contributed by atoms with Gasteiger partial charge in [0.1, 0.15) is 0 Å². The Morgan fingerprint density at radius 2 is 2.00 bits per heavy atom. The standard InChI is InChI=1S/C14H18N2O/c1-11(2)9-15-10-13-8-14(17-16-13)12-6-4-3-5-7-12/h3-8,11,15H,9-10H2,1-2H3. The van der Waals surface area contributed by atoms with E-state index in [-0.39, 0.29) is 0 Å². The molecule has 0 unspecified atom stereocenters. The van der Waals surface area contributed by atoms with Crippen molar-refractivity contribution in [1.82, 2.24) is 10.5 Å². The van der Waals surface area contributed by atoms with Gasteiger partial charge in [-0.15, -0.1) is 0 Å². The summed E-state index contributed by atoms with van der Waals surface area (Å²) in [6, 6.07) is 12.0. The van der Waals surface area contributed by atoms with Crippen LogP contribution >= 0.6 is 0 Å². The van der Waals surface area contributed by atoms with Gasteiger partial charge in [-0.1, -0.05) is 49.3 Å². The van der Waals surface area contributed by atoms with Gasteiger partial charge >= 0.3 is 0 Å². The van der Waals surface area contributed by atoms with Crippen molar-refractivity contribution >= 4 is 0 Å². The lowest BCUT2D eigenvalue weighted by Crippen LogP contribution is -2.18. The molecule has 1 N–H and O–H groups in total. The van der Waals surface area contributed by atoms with E-state index in [0.29, 0.717) is 5.92 Å². The minimum absolute atomic E-state index is 0.649. The number of nitrogens with zero attached hydrogens (tertiary/aromatic N) is 1. The van der Waals surface area contributed by atoms with Crippen molar-refractivity contribution in [1.29, 1.82) is 0 Å². The molecular formula is C14H18N2O. The van der Waals surface area contributed by atoms with Crippen LogP contribution in [0, 0.1) is 5.92 Å². The fourth-order valence-corrected chi connectivity index (χ4v) is 1.62. The van der Waals surface area contributed by atoms with Crippen LogP contribution in [0.2, 0.25) is 0 Å². The second-order valence-corrected chi connectivity index (χ2v) is 4.57. The Kier molecular flexibility index (Phi) is 3.94. The molecule has 3 nitrogen and oxygen atoms in total. The monoisotopic (exact) mass is 230 g/mol. The molecule has 17 heavy (non-hydrogen) atoms. The summed E-state index contributed by atoms with van der Waals surface area (Å²) in [5.74, 6) is 1.47. The zero-order valence-electron chi connectivity index (χ0n) is 10.3. The maximum Gasteiger partial charge on any atom is 0.167 e. The Balaban J connectivity index is 1.97. The first-order valence-corrected chi connectivity index (χ1v) is 5.97. The fraction of sp³-hybridized carbons (Fsp3) is 0.357. The van der Waals surface area contributed by atoms with Crippen molar-refractivity contribution in [2.45, 2.75) is 20.4 Å². The summed E-state index contributed by atoms with van der Waals surface area (Å²) in [7, 11) is 0. The van der Waals surface area contributed by atoms with E-state index in [1.807, 2.05) is 36.4 Å². The SMILES string of the molecule is CC(C)CNCc1cc(-c2ccccc2)on1. The van der Waals surface area contributed by atoms with Gasteiger partial charge in [-0.2, -0.15) is 0 Å². The first kappa shape index (κ1) is 11.9. The van der Waals surface area contributed by atoms with Crippen molar-refractivity contribution < 1.29 is 4.52 Å². The van der Waals surface area contributed by atoms with Crippen molar-refractivity contribution in [3.63, 3.8) is 0 Å². The number of rotatable bonds is 5. The lowest BCUT2D eigenvalue weighted by molar-refractivity contribution is 0.418. The zero-order valence-corrected chi connectivity index (χ0v) is 10.3. The predicted octanol–water partition coefficient (Wildman–Crippen LogP) is 3.09. The molecule has 0 saturated carbocycles. The Bertz CT molecular complexity index is 448. The molecule has 0 atom stereocenters. The first-order valence-electron chi connectivity index (χ1n) is 5.97. The second-order valence-electron chi connectivity index (χ2n) is 4.57. The molecule has 0 spiro atoms. The molecule has 0 bridgehead atoms. The van der Waals surface area contributed by atoms with E-state index >= 15 is 0 Å². The third-order valence-electron chi connectivity index (χ3n) is 2.48. The number of hydrogen-bond donors (Lipinski definition) is 1. The summed E-state index contributed by atoms with van der Waals surface area (Å²) in [6.45, 7) is 6.12. The first-order chi connectivity index (χ1) is 8.25. The molecule has 3 heteroatoms. The topological polar surface area (TPSA) is 38.1 Å². The molecule has 2 rings (SSSR count). The summed E-state index contributed by atoms with van der Waals surface area (Å²) < 4.78 is 5.32. The molecule has 0 aliphatic rings. The van der Waals surface area contributed by atoms with Crippen LogP contribution in [0.1, 0.15) is 19.5 Å². The van der Waals surface area contributed by atoms with E-state index in [1.54, 1.807) is 0 Å². The molecule has 0 amide bonds. The van der Waals surface area contributed by atoms with Gasteiger partial charge in [0.25, 0.3) is 0 Å². The maximum atomic E-state index is 5.32. The van der Waals surface area contributed by atoms with Crippen LogP contribution in [0.5, 0.6) is 0 Å². The molecule has 0 radical (unpaired) electrons. The summed E-state index contributed by atoms with van der Waals surface area (Å²) in [4.78, 5) is 0. The fourth-order valence-electron chi connectivity index (χ4n) is 1.62. The van der Waals surface area contributed by atoms with Gasteiger partial charge in [-0.05, 0) is 12.5 Å². The highest BCUT2D eigenvalue weighted by molar-refractivity contribution is 5.56. The number of benzene rings is 1. The molecule has 1 heterocycles. The van der Waals surface area contributed by atoms with Crippen LogP contribution in [0.3, 0.4) is 0 Å². The molecule has 90 valence electrons. The molecule has 0 saturated heterocycles. The summed E-state index contributed by atoms with van der Waals surface area (Å²) in [5.41, 5.74) is 2.01. The number of aromatic nitrogens is 1. The van der Waals surface area contributed by atoms with Crippen molar-refractivity contribution in [2.75, 3.05) is 6.54 Å². The Labute approximate surface area is 102 Å². The largest absolute Gasteiger partial charge is 0.356 e. The van der Waals surface area contributed by atoms with Gasteiger partial charge in [0, 0.05) is 18.2 Å². The minimum Gasteiger partial charge on any atom is -0.356 e. The van der Waals surface area contributed by atoms with Crippen LogP contribution in [0.4, 0.5) is 0 Å². The molecule has 1 aromatic heterocycles. The van der Waals surface area contributed by atoms with E-state index in [4.69, 9.17) is 4.52 Å². The van der Waals surface area contributed by atoms with Crippen molar-refractivity contribution in [3.05, 3.63) is 42.1 Å². The third kappa shape index (κ3) is 3.43. The highest BCUT2D eigenvalue weighted by atomic mass is 16.5. The molecule has 2 aromatic rings. The normalized spacial score (nSPS) is 11.0. The highest BCUT2D eigenvalue weighted by Crippen LogP contribution is 2.19. The van der Waals surface area contributed by atoms with Gasteiger partial charge in [-0.3, -0.25) is 0 Å². The lowest BCUT2D eigenvalue weighted by atomic mass is 10.1. The van der Waals surface area contributed by atoms with Crippen LogP contribution < -0.4 is 5.32 Å². The van der Waals surface area contributed by atoms with Gasteiger partial charge in [-0.25, -0.2) is 0 Å². The molecule has 0 aliphatic heterocycles. The van der Waals surface area contributed by atoms with Crippen molar-refractivity contribution in [3.8, 4) is 11.3 Å². The van der Waals surface area contributed by atoms with E-state index in [9.17, 15) is 0 Å². The maximum absolute atomic E-state index is 5.32. The van der Waals surface area contributed by atoms with E-state index in [1.165, 1.54) is 0 Å². The van der Waals surface area contributed by atoms with Crippen LogP contribution in [-0.4, -0.2) is 11.7 Å². The Morgan fingerprint density at radius 3 is 2.71 bits per heavy atom. The summed E-state index contributed by atoms with van der Waals surface area (Å²) in [5, 5.41) is 7.40. The van der Waals surface area contributed by atoms with Gasteiger partial charge in [0.05, 0.1) is 5.69 Å². The second kappa shape index (κ2) is 5.64. The zero-order chi connectivity index (χ0) is 12.1. The third-order valence-corrected chi connectivity index (χ3v) is 2.48. The van der Waals surface area contributed by atoms with Crippen LogP contribution in [0.25, 0.3) is 11.3 Å². The minimum atomic E-state index is 0.649. The highest BCUT2D eigenvalue weighted by Gasteiger charge is 2.05. The number of hydrogen-bond acceptors (Lipinski definition) is 3. The van der Waals surface area contributed by atoms with Crippen LogP contribution in [-0.2, 0) is 6.54 Å². The van der Waals surface area contributed by atoms with Gasteiger partial charge in [0.15, 0.2) is 5.76 Å².